The molecule has 1 atom stereocenters. The molecule has 0 fully saturated rings. The van der Waals surface area contributed by atoms with Crippen molar-refractivity contribution in [2.24, 2.45) is 0 Å². The maximum atomic E-state index is 13.6. The lowest BCUT2D eigenvalue weighted by Gasteiger charge is -2.21. The first-order chi connectivity index (χ1) is 11.5. The Balaban J connectivity index is 1.83. The van der Waals surface area contributed by atoms with Crippen molar-refractivity contribution in [3.63, 3.8) is 0 Å². The number of hydrogen-bond donors (Lipinski definition) is 1. The van der Waals surface area contributed by atoms with E-state index in [2.05, 4.69) is 0 Å². The molecule has 4 nitrogen and oxygen atoms in total. The summed E-state index contributed by atoms with van der Waals surface area (Å²) in [7, 11) is 1.41. The van der Waals surface area contributed by atoms with Crippen molar-refractivity contribution in [2.45, 2.75) is 12.7 Å². The van der Waals surface area contributed by atoms with Gasteiger partial charge in [0.05, 0.1) is 24.9 Å². The summed E-state index contributed by atoms with van der Waals surface area (Å²) in [4.78, 5) is 13.2. The quantitative estimate of drug-likeness (QED) is 0.846. The average Bonchev–Trinajstić information content (AvgIpc) is 2.57. The number of carbonyl (C=O) groups is 1. The predicted octanol–water partition coefficient (Wildman–Crippen LogP) is 2.61. The molecular formula is C18H19F2NO3. The topological polar surface area (TPSA) is 49.8 Å². The highest BCUT2D eigenvalue weighted by atomic mass is 19.2. The zero-order valence-corrected chi connectivity index (χ0v) is 13.3. The van der Waals surface area contributed by atoms with Crippen LogP contribution in [0.15, 0.2) is 48.5 Å². The number of aliphatic hydroxyl groups is 1. The highest BCUT2D eigenvalue weighted by Crippen LogP contribution is 2.13. The molecule has 0 aliphatic carbocycles. The van der Waals surface area contributed by atoms with Gasteiger partial charge < -0.3 is 14.7 Å². The zero-order valence-electron chi connectivity index (χ0n) is 13.3. The summed E-state index contributed by atoms with van der Waals surface area (Å²) in [5, 5.41) is 9.93. The number of likely N-dealkylation sites (N-methyl/N-ethyl adjacent to an activating group) is 1. The molecule has 0 spiro atoms. The van der Waals surface area contributed by atoms with E-state index in [4.69, 9.17) is 4.74 Å². The lowest BCUT2D eigenvalue weighted by molar-refractivity contribution is 0.0136. The van der Waals surface area contributed by atoms with E-state index < -0.39 is 23.6 Å². The molecule has 0 bridgehead atoms. The molecule has 2 aromatic carbocycles. The fourth-order valence-electron chi connectivity index (χ4n) is 2.21. The summed E-state index contributed by atoms with van der Waals surface area (Å²) in [6.07, 6.45) is -0.931. The van der Waals surface area contributed by atoms with Crippen LogP contribution in [-0.2, 0) is 11.3 Å². The molecule has 1 amide bonds. The first-order valence-corrected chi connectivity index (χ1v) is 7.48. The van der Waals surface area contributed by atoms with Crippen LogP contribution in [0.3, 0.4) is 0 Å². The van der Waals surface area contributed by atoms with Crippen LogP contribution in [0.4, 0.5) is 8.78 Å². The van der Waals surface area contributed by atoms with Gasteiger partial charge in [0.1, 0.15) is 0 Å². The molecule has 0 saturated carbocycles. The molecule has 1 N–H and O–H groups in total. The Morgan fingerprint density at radius 2 is 1.88 bits per heavy atom. The number of amides is 1. The third-order valence-corrected chi connectivity index (χ3v) is 3.44. The smallest absolute Gasteiger partial charge is 0.256 e. The van der Waals surface area contributed by atoms with Crippen molar-refractivity contribution in [2.75, 3.05) is 20.2 Å². The lowest BCUT2D eigenvalue weighted by Crippen LogP contribution is -2.36. The average molecular weight is 335 g/mol. The minimum absolute atomic E-state index is 0.0259. The lowest BCUT2D eigenvalue weighted by atomic mass is 10.1. The largest absolute Gasteiger partial charge is 0.389 e. The Labute approximate surface area is 139 Å². The van der Waals surface area contributed by atoms with Crippen molar-refractivity contribution in [1.82, 2.24) is 4.90 Å². The second kappa shape index (κ2) is 8.52. The molecule has 0 radical (unpaired) electrons. The van der Waals surface area contributed by atoms with E-state index >= 15 is 0 Å². The van der Waals surface area contributed by atoms with Gasteiger partial charge in [-0.3, -0.25) is 4.79 Å². The molecule has 24 heavy (non-hydrogen) atoms. The minimum atomic E-state index is -1.19. The summed E-state index contributed by atoms with van der Waals surface area (Å²) in [6.45, 7) is 0.315. The zero-order chi connectivity index (χ0) is 17.5. The molecule has 0 aromatic heterocycles. The van der Waals surface area contributed by atoms with Crippen LogP contribution in [-0.4, -0.2) is 42.2 Å². The number of hydrogen-bond acceptors (Lipinski definition) is 3. The van der Waals surface area contributed by atoms with Gasteiger partial charge in [-0.05, 0) is 17.7 Å². The second-order valence-corrected chi connectivity index (χ2v) is 5.44. The molecule has 0 saturated heterocycles. The van der Waals surface area contributed by atoms with Gasteiger partial charge in [-0.15, -0.1) is 0 Å². The van der Waals surface area contributed by atoms with Crippen molar-refractivity contribution < 1.29 is 23.4 Å². The van der Waals surface area contributed by atoms with Crippen molar-refractivity contribution in [1.29, 1.82) is 0 Å². The Bertz CT molecular complexity index is 679. The molecule has 0 heterocycles. The van der Waals surface area contributed by atoms with Crippen LogP contribution >= 0.6 is 0 Å². The van der Waals surface area contributed by atoms with E-state index in [9.17, 15) is 18.7 Å². The maximum Gasteiger partial charge on any atom is 0.256 e. The monoisotopic (exact) mass is 335 g/mol. The highest BCUT2D eigenvalue weighted by Gasteiger charge is 2.20. The van der Waals surface area contributed by atoms with Gasteiger partial charge in [-0.1, -0.05) is 36.4 Å². The summed E-state index contributed by atoms with van der Waals surface area (Å²) in [5.41, 5.74) is 0.603. The third-order valence-electron chi connectivity index (χ3n) is 3.44. The molecule has 2 aromatic rings. The van der Waals surface area contributed by atoms with E-state index in [1.54, 1.807) is 0 Å². The number of halogens is 2. The molecule has 0 aliphatic rings. The highest BCUT2D eigenvalue weighted by molar-refractivity contribution is 5.94. The molecule has 128 valence electrons. The Hall–Kier alpha value is -2.31. The molecule has 6 heteroatoms. The fraction of sp³-hybridized carbons (Fsp3) is 0.278. The normalized spacial score (nSPS) is 12.0. The van der Waals surface area contributed by atoms with Gasteiger partial charge in [0.15, 0.2) is 11.6 Å². The SMILES string of the molecule is CN(CC(O)COCc1ccccc1)C(=O)c1cccc(F)c1F. The summed E-state index contributed by atoms with van der Waals surface area (Å²) < 4.78 is 32.2. The van der Waals surface area contributed by atoms with E-state index in [1.165, 1.54) is 19.2 Å². The van der Waals surface area contributed by atoms with Crippen molar-refractivity contribution in [3.8, 4) is 0 Å². The molecule has 1 unspecified atom stereocenters. The van der Waals surface area contributed by atoms with Crippen LogP contribution in [0.25, 0.3) is 0 Å². The third kappa shape index (κ3) is 4.84. The first kappa shape index (κ1) is 18.0. The van der Waals surface area contributed by atoms with Crippen LogP contribution in [0.1, 0.15) is 15.9 Å². The predicted molar refractivity (Wildman–Crippen MR) is 85.4 cm³/mol. The fourth-order valence-corrected chi connectivity index (χ4v) is 2.21. The van der Waals surface area contributed by atoms with E-state index in [1.807, 2.05) is 30.3 Å². The van der Waals surface area contributed by atoms with Crippen molar-refractivity contribution in [3.05, 3.63) is 71.3 Å². The standard InChI is InChI=1S/C18H19F2NO3/c1-21(18(23)15-8-5-9-16(19)17(15)20)10-14(22)12-24-11-13-6-3-2-4-7-13/h2-9,14,22H,10-12H2,1H3. The molecule has 0 aliphatic heterocycles. The van der Waals surface area contributed by atoms with Crippen LogP contribution in [0.2, 0.25) is 0 Å². The van der Waals surface area contributed by atoms with Crippen LogP contribution in [0.5, 0.6) is 0 Å². The Kier molecular flexibility index (Phi) is 6.40. The van der Waals surface area contributed by atoms with E-state index in [-0.39, 0.29) is 18.7 Å². The number of nitrogens with zero attached hydrogens (tertiary/aromatic N) is 1. The number of ether oxygens (including phenoxy) is 1. The van der Waals surface area contributed by atoms with E-state index in [0.717, 1.165) is 16.5 Å². The number of benzene rings is 2. The van der Waals surface area contributed by atoms with Gasteiger partial charge in [-0.2, -0.15) is 0 Å². The summed E-state index contributed by atoms with van der Waals surface area (Å²) in [6, 6.07) is 12.9. The molecule has 2 rings (SSSR count). The van der Waals surface area contributed by atoms with E-state index in [0.29, 0.717) is 6.61 Å². The van der Waals surface area contributed by atoms with Gasteiger partial charge in [0, 0.05) is 13.6 Å². The van der Waals surface area contributed by atoms with Gasteiger partial charge >= 0.3 is 0 Å². The number of aliphatic hydroxyl groups excluding tert-OH is 1. The van der Waals surface area contributed by atoms with Gasteiger partial charge in [-0.25, -0.2) is 8.78 Å². The van der Waals surface area contributed by atoms with Crippen molar-refractivity contribution >= 4 is 5.91 Å². The summed E-state index contributed by atoms with van der Waals surface area (Å²) >= 11 is 0. The molecular weight excluding hydrogens is 316 g/mol. The first-order valence-electron chi connectivity index (χ1n) is 7.48. The second-order valence-electron chi connectivity index (χ2n) is 5.44. The van der Waals surface area contributed by atoms with Crippen LogP contribution < -0.4 is 0 Å². The minimum Gasteiger partial charge on any atom is -0.389 e. The Morgan fingerprint density at radius 1 is 1.17 bits per heavy atom. The van der Waals surface area contributed by atoms with Gasteiger partial charge in [0.2, 0.25) is 0 Å². The van der Waals surface area contributed by atoms with Crippen LogP contribution in [0, 0.1) is 11.6 Å². The number of rotatable bonds is 7. The number of carbonyl (C=O) groups excluding carboxylic acids is 1. The maximum absolute atomic E-state index is 13.6. The summed E-state index contributed by atoms with van der Waals surface area (Å²) in [5.74, 6) is -2.97. The van der Waals surface area contributed by atoms with Gasteiger partial charge in [0.25, 0.3) is 5.91 Å². The Morgan fingerprint density at radius 3 is 2.58 bits per heavy atom.